The average molecular weight is 612 g/mol. The molecular formula is C45H29N3. The maximum Gasteiger partial charge on any atom is 0.160 e. The summed E-state index contributed by atoms with van der Waals surface area (Å²) in [7, 11) is 0. The minimum atomic E-state index is 0.662. The summed E-state index contributed by atoms with van der Waals surface area (Å²) in [5.41, 5.74) is 12.3. The molecule has 0 aliphatic heterocycles. The number of fused-ring (bicyclic) bond motifs is 1. The van der Waals surface area contributed by atoms with Crippen molar-refractivity contribution in [1.82, 2.24) is 9.97 Å². The maximum atomic E-state index is 9.33. The van der Waals surface area contributed by atoms with Crippen molar-refractivity contribution in [1.29, 1.82) is 5.26 Å². The third-order valence-corrected chi connectivity index (χ3v) is 8.74. The van der Waals surface area contributed by atoms with Crippen LogP contribution in [0.15, 0.2) is 176 Å². The third-order valence-electron chi connectivity index (χ3n) is 8.74. The molecule has 0 amide bonds. The van der Waals surface area contributed by atoms with E-state index in [-0.39, 0.29) is 0 Å². The van der Waals surface area contributed by atoms with Crippen LogP contribution in [-0.2, 0) is 0 Å². The topological polar surface area (TPSA) is 49.6 Å². The second-order valence-corrected chi connectivity index (χ2v) is 11.8. The van der Waals surface area contributed by atoms with Crippen molar-refractivity contribution in [3.8, 4) is 73.4 Å². The Balaban J connectivity index is 1.19. The molecule has 1 aromatic heterocycles. The highest BCUT2D eigenvalue weighted by Crippen LogP contribution is 2.38. The van der Waals surface area contributed by atoms with Crippen LogP contribution in [0.1, 0.15) is 5.56 Å². The van der Waals surface area contributed by atoms with Crippen LogP contribution < -0.4 is 0 Å². The molecule has 8 rings (SSSR count). The molecule has 7 aromatic carbocycles. The lowest BCUT2D eigenvalue weighted by Gasteiger charge is -2.14. The Bertz CT molecular complexity index is 2380. The van der Waals surface area contributed by atoms with Gasteiger partial charge in [0.1, 0.15) is 0 Å². The molecule has 0 spiro atoms. The van der Waals surface area contributed by atoms with Crippen LogP contribution in [0.2, 0.25) is 0 Å². The Morgan fingerprint density at radius 1 is 0.354 bits per heavy atom. The molecule has 224 valence electrons. The Kier molecular flexibility index (Phi) is 7.59. The molecule has 0 fully saturated rings. The number of hydrogen-bond acceptors (Lipinski definition) is 3. The van der Waals surface area contributed by atoms with Gasteiger partial charge in [-0.3, -0.25) is 0 Å². The lowest BCUT2D eigenvalue weighted by atomic mass is 9.90. The zero-order valence-corrected chi connectivity index (χ0v) is 26.1. The number of rotatable bonds is 6. The van der Waals surface area contributed by atoms with Gasteiger partial charge in [0.25, 0.3) is 0 Å². The minimum Gasteiger partial charge on any atom is -0.228 e. The maximum absolute atomic E-state index is 9.33. The van der Waals surface area contributed by atoms with E-state index in [1.54, 1.807) is 0 Å². The number of hydrogen-bond donors (Lipinski definition) is 0. The standard InChI is InChI=1S/C45H29N3/c46-30-31-11-9-16-36(27-31)32-21-23-33(24-22-32)39-25-26-40(42-20-8-7-19-41(39)42)37-17-10-18-38(28-37)44-29-43(34-12-3-1-4-13-34)47-45(48-44)35-14-5-2-6-15-35/h1-29H. The van der Waals surface area contributed by atoms with Gasteiger partial charge in [0.2, 0.25) is 0 Å². The Morgan fingerprint density at radius 2 is 0.875 bits per heavy atom. The molecule has 3 heteroatoms. The number of aromatic nitrogens is 2. The van der Waals surface area contributed by atoms with Gasteiger partial charge < -0.3 is 0 Å². The monoisotopic (exact) mass is 611 g/mol. The fourth-order valence-electron chi connectivity index (χ4n) is 6.33. The van der Waals surface area contributed by atoms with Crippen molar-refractivity contribution in [3.05, 3.63) is 181 Å². The van der Waals surface area contributed by atoms with Crippen molar-refractivity contribution in [2.24, 2.45) is 0 Å². The molecule has 0 aliphatic rings. The second-order valence-electron chi connectivity index (χ2n) is 11.8. The Hall–Kier alpha value is -6.63. The van der Waals surface area contributed by atoms with Gasteiger partial charge in [0.05, 0.1) is 23.0 Å². The van der Waals surface area contributed by atoms with E-state index in [0.29, 0.717) is 11.4 Å². The van der Waals surface area contributed by atoms with E-state index in [0.717, 1.165) is 50.3 Å². The van der Waals surface area contributed by atoms with E-state index >= 15 is 0 Å². The van der Waals surface area contributed by atoms with Crippen LogP contribution in [0.4, 0.5) is 0 Å². The normalized spacial score (nSPS) is 10.9. The largest absolute Gasteiger partial charge is 0.228 e. The van der Waals surface area contributed by atoms with Gasteiger partial charge >= 0.3 is 0 Å². The molecule has 0 unspecified atom stereocenters. The molecule has 0 saturated heterocycles. The summed E-state index contributed by atoms with van der Waals surface area (Å²) < 4.78 is 0. The molecule has 0 N–H and O–H groups in total. The highest BCUT2D eigenvalue weighted by Gasteiger charge is 2.14. The van der Waals surface area contributed by atoms with E-state index in [2.05, 4.69) is 121 Å². The summed E-state index contributed by atoms with van der Waals surface area (Å²) in [5, 5.41) is 11.7. The summed E-state index contributed by atoms with van der Waals surface area (Å²) in [4.78, 5) is 10.0. The Morgan fingerprint density at radius 3 is 1.56 bits per heavy atom. The molecule has 1 heterocycles. The minimum absolute atomic E-state index is 0.662. The first-order chi connectivity index (χ1) is 23.7. The van der Waals surface area contributed by atoms with E-state index in [4.69, 9.17) is 9.97 Å². The van der Waals surface area contributed by atoms with Crippen molar-refractivity contribution < 1.29 is 0 Å². The van der Waals surface area contributed by atoms with Gasteiger partial charge in [-0.2, -0.15) is 5.26 Å². The fourth-order valence-corrected chi connectivity index (χ4v) is 6.33. The lowest BCUT2D eigenvalue weighted by molar-refractivity contribution is 1.18. The molecule has 0 aliphatic carbocycles. The van der Waals surface area contributed by atoms with Gasteiger partial charge in [-0.25, -0.2) is 9.97 Å². The van der Waals surface area contributed by atoms with Crippen molar-refractivity contribution in [2.75, 3.05) is 0 Å². The van der Waals surface area contributed by atoms with Gasteiger partial charge in [0, 0.05) is 16.7 Å². The average Bonchev–Trinajstić information content (AvgIpc) is 3.18. The summed E-state index contributed by atoms with van der Waals surface area (Å²) in [5.74, 6) is 0.705. The Labute approximate surface area is 280 Å². The number of nitriles is 1. The van der Waals surface area contributed by atoms with Gasteiger partial charge in [-0.05, 0) is 68.4 Å². The first-order valence-electron chi connectivity index (χ1n) is 16.0. The van der Waals surface area contributed by atoms with Gasteiger partial charge in [0.15, 0.2) is 5.82 Å². The number of nitrogens with zero attached hydrogens (tertiary/aromatic N) is 3. The molecule has 8 aromatic rings. The second kappa shape index (κ2) is 12.6. The number of benzene rings is 7. The first kappa shape index (κ1) is 28.8. The van der Waals surface area contributed by atoms with Gasteiger partial charge in [-0.1, -0.05) is 152 Å². The van der Waals surface area contributed by atoms with Crippen LogP contribution in [0.25, 0.3) is 78.1 Å². The highest BCUT2D eigenvalue weighted by atomic mass is 14.9. The van der Waals surface area contributed by atoms with E-state index < -0.39 is 0 Å². The molecule has 3 nitrogen and oxygen atoms in total. The van der Waals surface area contributed by atoms with Crippen molar-refractivity contribution >= 4 is 10.8 Å². The lowest BCUT2D eigenvalue weighted by Crippen LogP contribution is -1.96. The van der Waals surface area contributed by atoms with Crippen LogP contribution in [-0.4, -0.2) is 9.97 Å². The first-order valence-corrected chi connectivity index (χ1v) is 16.0. The van der Waals surface area contributed by atoms with Crippen LogP contribution in [0.5, 0.6) is 0 Å². The molecule has 0 radical (unpaired) electrons. The third kappa shape index (κ3) is 5.64. The molecule has 0 saturated carbocycles. The van der Waals surface area contributed by atoms with E-state index in [9.17, 15) is 5.26 Å². The van der Waals surface area contributed by atoms with E-state index in [1.165, 1.54) is 21.9 Å². The van der Waals surface area contributed by atoms with Crippen LogP contribution in [0.3, 0.4) is 0 Å². The fraction of sp³-hybridized carbons (Fsp3) is 0. The summed E-state index contributed by atoms with van der Waals surface area (Å²) >= 11 is 0. The molecular weight excluding hydrogens is 583 g/mol. The predicted molar refractivity (Wildman–Crippen MR) is 197 cm³/mol. The van der Waals surface area contributed by atoms with Crippen molar-refractivity contribution in [2.45, 2.75) is 0 Å². The van der Waals surface area contributed by atoms with Crippen molar-refractivity contribution in [3.63, 3.8) is 0 Å². The summed E-state index contributed by atoms with van der Waals surface area (Å²) in [6, 6.07) is 62.8. The molecule has 0 atom stereocenters. The van der Waals surface area contributed by atoms with Crippen LogP contribution >= 0.6 is 0 Å². The zero-order chi connectivity index (χ0) is 32.3. The highest BCUT2D eigenvalue weighted by molar-refractivity contribution is 6.05. The summed E-state index contributed by atoms with van der Waals surface area (Å²) in [6.07, 6.45) is 0. The predicted octanol–water partition coefficient (Wildman–Crippen LogP) is 11.5. The molecule has 0 bridgehead atoms. The van der Waals surface area contributed by atoms with Crippen LogP contribution in [0, 0.1) is 11.3 Å². The smallest absolute Gasteiger partial charge is 0.160 e. The van der Waals surface area contributed by atoms with E-state index in [1.807, 2.05) is 60.7 Å². The summed E-state index contributed by atoms with van der Waals surface area (Å²) in [6.45, 7) is 0. The van der Waals surface area contributed by atoms with Gasteiger partial charge in [-0.15, -0.1) is 0 Å². The quantitative estimate of drug-likeness (QED) is 0.188. The zero-order valence-electron chi connectivity index (χ0n) is 26.1. The molecule has 48 heavy (non-hydrogen) atoms. The SMILES string of the molecule is N#Cc1cccc(-c2ccc(-c3ccc(-c4cccc(-c5cc(-c6ccccc6)nc(-c6ccccc6)n5)c4)c4ccccc34)cc2)c1.